The molecule has 0 bridgehead atoms. The van der Waals surface area contributed by atoms with Crippen LogP contribution in [0.3, 0.4) is 0 Å². The molecule has 1 aliphatic heterocycles. The van der Waals surface area contributed by atoms with Crippen LogP contribution in [0.15, 0.2) is 40.2 Å². The molecule has 1 aliphatic rings. The molecule has 158 valence electrons. The molecule has 1 saturated heterocycles. The van der Waals surface area contributed by atoms with Gasteiger partial charge < -0.3 is 20.4 Å². The average Bonchev–Trinajstić information content (AvgIpc) is 2.73. The van der Waals surface area contributed by atoms with Crippen LogP contribution in [0.25, 0.3) is 0 Å². The van der Waals surface area contributed by atoms with Crippen molar-refractivity contribution in [1.29, 1.82) is 0 Å². The molecule has 1 fully saturated rings. The van der Waals surface area contributed by atoms with Gasteiger partial charge in [0.25, 0.3) is 0 Å². The minimum atomic E-state index is 0.458. The number of thioether (sulfide) groups is 1. The van der Waals surface area contributed by atoms with Crippen LogP contribution in [0.5, 0.6) is 0 Å². The van der Waals surface area contributed by atoms with E-state index in [4.69, 9.17) is 4.99 Å². The Bertz CT molecular complexity index is 543. The van der Waals surface area contributed by atoms with Gasteiger partial charge in [-0.05, 0) is 45.0 Å². The highest BCUT2D eigenvalue weighted by atomic mass is 32.2. The molecule has 1 aromatic rings. The number of benzene rings is 1. The topological polar surface area (TPSA) is 42.9 Å². The molecule has 6 heteroatoms. The van der Waals surface area contributed by atoms with Crippen LogP contribution in [-0.2, 0) is 0 Å². The molecule has 0 aliphatic carbocycles. The molecule has 5 nitrogen and oxygen atoms in total. The van der Waals surface area contributed by atoms with E-state index >= 15 is 0 Å². The van der Waals surface area contributed by atoms with Crippen molar-refractivity contribution in [1.82, 2.24) is 20.4 Å². The Balaban J connectivity index is 1.61. The second-order valence-corrected chi connectivity index (χ2v) is 8.88. The van der Waals surface area contributed by atoms with E-state index in [1.807, 2.05) is 11.8 Å². The van der Waals surface area contributed by atoms with Gasteiger partial charge in [0.2, 0.25) is 0 Å². The summed E-state index contributed by atoms with van der Waals surface area (Å²) in [7, 11) is 0. The Labute approximate surface area is 176 Å². The van der Waals surface area contributed by atoms with E-state index < -0.39 is 0 Å². The molecule has 2 rings (SSSR count). The summed E-state index contributed by atoms with van der Waals surface area (Å²) < 4.78 is 0. The van der Waals surface area contributed by atoms with Crippen molar-refractivity contribution in [2.24, 2.45) is 4.99 Å². The van der Waals surface area contributed by atoms with E-state index in [9.17, 15) is 0 Å². The van der Waals surface area contributed by atoms with Crippen molar-refractivity contribution in [3.05, 3.63) is 30.3 Å². The summed E-state index contributed by atoms with van der Waals surface area (Å²) in [5, 5.41) is 7.32. The third-order valence-electron chi connectivity index (χ3n) is 5.04. The van der Waals surface area contributed by atoms with E-state index in [1.165, 1.54) is 57.0 Å². The third kappa shape index (κ3) is 9.30. The lowest BCUT2D eigenvalue weighted by Crippen LogP contribution is -2.46. The minimum Gasteiger partial charge on any atom is -0.357 e. The highest BCUT2D eigenvalue weighted by Crippen LogP contribution is 2.22. The first-order chi connectivity index (χ1) is 13.7. The van der Waals surface area contributed by atoms with Gasteiger partial charge in [-0.1, -0.05) is 32.0 Å². The fraction of sp³-hybridized carbons (Fsp3) is 0.682. The lowest BCUT2D eigenvalue weighted by atomic mass is 10.2. The van der Waals surface area contributed by atoms with Gasteiger partial charge in [-0.15, -0.1) is 11.8 Å². The second kappa shape index (κ2) is 13.9. The van der Waals surface area contributed by atoms with Crippen LogP contribution in [0.4, 0.5) is 0 Å². The summed E-state index contributed by atoms with van der Waals surface area (Å²) >= 11 is 1.88. The highest BCUT2D eigenvalue weighted by molar-refractivity contribution is 8.00. The molecule has 0 amide bonds. The average molecular weight is 406 g/mol. The number of aliphatic imine (C=N–C) groups is 1. The first-order valence-corrected chi connectivity index (χ1v) is 11.8. The quantitative estimate of drug-likeness (QED) is 0.256. The Hall–Kier alpha value is -1.24. The Kier molecular flexibility index (Phi) is 11.4. The highest BCUT2D eigenvalue weighted by Gasteiger charge is 2.14. The Morgan fingerprint density at radius 1 is 1.04 bits per heavy atom. The first kappa shape index (κ1) is 23.0. The molecule has 2 N–H and O–H groups in total. The van der Waals surface area contributed by atoms with E-state index in [0.29, 0.717) is 5.25 Å². The summed E-state index contributed by atoms with van der Waals surface area (Å²) in [6.07, 6.45) is 2.44. The SMILES string of the molecule is CCNC(=NCC(C)Sc1ccccc1)NCCCCN1CCN(CC)CC1. The molecule has 1 aromatic carbocycles. The van der Waals surface area contributed by atoms with Gasteiger partial charge in [-0.3, -0.25) is 4.99 Å². The van der Waals surface area contributed by atoms with Gasteiger partial charge >= 0.3 is 0 Å². The van der Waals surface area contributed by atoms with Crippen molar-refractivity contribution < 1.29 is 0 Å². The molecule has 1 unspecified atom stereocenters. The molecule has 0 saturated carbocycles. The molecule has 0 radical (unpaired) electrons. The van der Waals surface area contributed by atoms with Crippen LogP contribution >= 0.6 is 11.8 Å². The van der Waals surface area contributed by atoms with Gasteiger partial charge in [0, 0.05) is 49.4 Å². The predicted molar refractivity (Wildman–Crippen MR) is 124 cm³/mol. The molecule has 0 spiro atoms. The molecule has 1 atom stereocenters. The number of rotatable bonds is 11. The van der Waals surface area contributed by atoms with Crippen molar-refractivity contribution in [2.45, 2.75) is 43.8 Å². The maximum Gasteiger partial charge on any atom is 0.191 e. The molecule has 1 heterocycles. The predicted octanol–water partition coefficient (Wildman–Crippen LogP) is 3.14. The zero-order valence-electron chi connectivity index (χ0n) is 18.0. The Morgan fingerprint density at radius 3 is 2.43 bits per heavy atom. The first-order valence-electron chi connectivity index (χ1n) is 10.9. The van der Waals surface area contributed by atoms with Crippen LogP contribution in [0, 0.1) is 0 Å². The van der Waals surface area contributed by atoms with Gasteiger partial charge in [0.15, 0.2) is 5.96 Å². The standard InChI is InChI=1S/C22H39N5S/c1-4-23-22(25-19-20(3)28-21-11-7-6-8-12-21)24-13-9-10-14-27-17-15-26(5-2)16-18-27/h6-8,11-12,20H,4-5,9-10,13-19H2,1-3H3,(H2,23,24,25). The van der Waals surface area contributed by atoms with Crippen molar-refractivity contribution >= 4 is 17.7 Å². The van der Waals surface area contributed by atoms with E-state index in [0.717, 1.165) is 25.6 Å². The summed E-state index contributed by atoms with van der Waals surface area (Å²) in [6.45, 7) is 16.6. The van der Waals surface area contributed by atoms with E-state index in [2.05, 4.69) is 71.5 Å². The van der Waals surface area contributed by atoms with Crippen molar-refractivity contribution in [2.75, 3.05) is 58.9 Å². The summed E-state index contributed by atoms with van der Waals surface area (Å²) in [4.78, 5) is 11.2. The lowest BCUT2D eigenvalue weighted by molar-refractivity contribution is 0.136. The molecular formula is C22H39N5S. The zero-order chi connectivity index (χ0) is 20.0. The van der Waals surface area contributed by atoms with E-state index in [-0.39, 0.29) is 0 Å². The minimum absolute atomic E-state index is 0.458. The normalized spacial score (nSPS) is 17.5. The fourth-order valence-electron chi connectivity index (χ4n) is 3.33. The summed E-state index contributed by atoms with van der Waals surface area (Å²) in [5.74, 6) is 0.944. The largest absolute Gasteiger partial charge is 0.357 e. The number of unbranched alkanes of at least 4 members (excludes halogenated alkanes) is 1. The van der Waals surface area contributed by atoms with Gasteiger partial charge in [-0.2, -0.15) is 0 Å². The second-order valence-electron chi connectivity index (χ2n) is 7.37. The number of likely N-dealkylation sites (N-methyl/N-ethyl adjacent to an activating group) is 1. The number of hydrogen-bond acceptors (Lipinski definition) is 4. The van der Waals surface area contributed by atoms with Crippen LogP contribution < -0.4 is 10.6 Å². The number of nitrogens with zero attached hydrogens (tertiary/aromatic N) is 3. The maximum atomic E-state index is 4.77. The zero-order valence-corrected chi connectivity index (χ0v) is 18.8. The van der Waals surface area contributed by atoms with Crippen molar-refractivity contribution in [3.63, 3.8) is 0 Å². The lowest BCUT2D eigenvalue weighted by Gasteiger charge is -2.34. The number of hydrogen-bond donors (Lipinski definition) is 2. The molecule has 0 aromatic heterocycles. The number of piperazine rings is 1. The van der Waals surface area contributed by atoms with Crippen LogP contribution in [0.2, 0.25) is 0 Å². The van der Waals surface area contributed by atoms with Gasteiger partial charge in [0.1, 0.15) is 0 Å². The van der Waals surface area contributed by atoms with Crippen LogP contribution in [-0.4, -0.2) is 79.9 Å². The summed E-state index contributed by atoms with van der Waals surface area (Å²) in [6, 6.07) is 10.6. The maximum absolute atomic E-state index is 4.77. The summed E-state index contributed by atoms with van der Waals surface area (Å²) in [5.41, 5.74) is 0. The molecule has 28 heavy (non-hydrogen) atoms. The third-order valence-corrected chi connectivity index (χ3v) is 6.13. The number of nitrogens with one attached hydrogen (secondary N) is 2. The molecular weight excluding hydrogens is 366 g/mol. The smallest absolute Gasteiger partial charge is 0.191 e. The number of guanidine groups is 1. The fourth-order valence-corrected chi connectivity index (χ4v) is 4.25. The monoisotopic (exact) mass is 405 g/mol. The van der Waals surface area contributed by atoms with Crippen LogP contribution in [0.1, 0.15) is 33.6 Å². The van der Waals surface area contributed by atoms with Crippen molar-refractivity contribution in [3.8, 4) is 0 Å². The van der Waals surface area contributed by atoms with Gasteiger partial charge in [0.05, 0.1) is 6.54 Å². The Morgan fingerprint density at radius 2 is 1.75 bits per heavy atom. The van der Waals surface area contributed by atoms with E-state index in [1.54, 1.807) is 0 Å². The van der Waals surface area contributed by atoms with Gasteiger partial charge in [-0.25, -0.2) is 0 Å².